The van der Waals surface area contributed by atoms with Gasteiger partial charge in [-0.3, -0.25) is 4.79 Å². The minimum absolute atomic E-state index is 0.0370. The molecule has 4 nitrogen and oxygen atoms in total. The Kier molecular flexibility index (Phi) is 7.23. The molecule has 0 aliphatic heterocycles. The van der Waals surface area contributed by atoms with Crippen LogP contribution < -0.4 is 10.1 Å². The smallest absolute Gasteiger partial charge is 0.227 e. The summed E-state index contributed by atoms with van der Waals surface area (Å²) in [5, 5.41) is 12.8. The molecule has 21 heavy (non-hydrogen) atoms. The fourth-order valence-electron chi connectivity index (χ4n) is 2.21. The van der Waals surface area contributed by atoms with Crippen molar-refractivity contribution in [3.8, 4) is 5.75 Å². The van der Waals surface area contributed by atoms with Crippen LogP contribution in [0.4, 0.5) is 0 Å². The van der Waals surface area contributed by atoms with Gasteiger partial charge in [-0.2, -0.15) is 0 Å². The normalized spacial score (nSPS) is 15.1. The highest BCUT2D eigenvalue weighted by molar-refractivity contribution is 5.83. The number of carbonyl (C=O) groups is 1. The maximum Gasteiger partial charge on any atom is 0.227 e. The Balaban J connectivity index is 2.64. The van der Waals surface area contributed by atoms with Crippen molar-refractivity contribution in [3.05, 3.63) is 29.8 Å². The van der Waals surface area contributed by atoms with Gasteiger partial charge < -0.3 is 15.2 Å². The number of benzene rings is 1. The Morgan fingerprint density at radius 1 is 1.24 bits per heavy atom. The fraction of sp³-hybridized carbons (Fsp3) is 0.588. The van der Waals surface area contributed by atoms with E-state index in [4.69, 9.17) is 4.74 Å². The molecular formula is C17H27NO3. The van der Waals surface area contributed by atoms with Crippen molar-refractivity contribution in [2.45, 2.75) is 45.6 Å². The molecule has 1 aromatic carbocycles. The maximum absolute atomic E-state index is 12.3. The van der Waals surface area contributed by atoms with E-state index in [0.717, 1.165) is 24.2 Å². The molecule has 118 valence electrons. The molecule has 0 heterocycles. The third kappa shape index (κ3) is 5.05. The van der Waals surface area contributed by atoms with E-state index in [1.54, 1.807) is 7.11 Å². The lowest BCUT2D eigenvalue weighted by Crippen LogP contribution is -2.37. The molecule has 0 aromatic heterocycles. The lowest BCUT2D eigenvalue weighted by Gasteiger charge is -2.20. The largest absolute Gasteiger partial charge is 0.497 e. The zero-order valence-corrected chi connectivity index (χ0v) is 13.4. The summed E-state index contributed by atoms with van der Waals surface area (Å²) in [5.41, 5.74) is 0.967. The molecule has 1 rings (SSSR count). The predicted molar refractivity (Wildman–Crippen MR) is 84.5 cm³/mol. The van der Waals surface area contributed by atoms with Crippen LogP contribution in [0.25, 0.3) is 0 Å². The highest BCUT2D eigenvalue weighted by Gasteiger charge is 2.20. The Bertz CT molecular complexity index is 430. The molecule has 0 aliphatic carbocycles. The molecule has 0 radical (unpaired) electrons. The zero-order valence-electron chi connectivity index (χ0n) is 13.4. The van der Waals surface area contributed by atoms with E-state index in [1.165, 1.54) is 0 Å². The first kappa shape index (κ1) is 17.5. The van der Waals surface area contributed by atoms with Gasteiger partial charge in [-0.15, -0.1) is 0 Å². The lowest BCUT2D eigenvalue weighted by molar-refractivity contribution is -0.123. The molecule has 2 N–H and O–H groups in total. The van der Waals surface area contributed by atoms with Crippen LogP contribution in [0.3, 0.4) is 0 Å². The van der Waals surface area contributed by atoms with Gasteiger partial charge in [-0.1, -0.05) is 39.3 Å². The molecular weight excluding hydrogens is 266 g/mol. The second-order valence-electron chi connectivity index (χ2n) is 5.43. The summed E-state index contributed by atoms with van der Waals surface area (Å²) < 4.78 is 5.13. The quantitative estimate of drug-likeness (QED) is 0.775. The number of rotatable bonds is 8. The van der Waals surface area contributed by atoms with Crippen molar-refractivity contribution in [1.82, 2.24) is 5.32 Å². The van der Waals surface area contributed by atoms with E-state index in [2.05, 4.69) is 5.32 Å². The first-order chi connectivity index (χ1) is 10.0. The van der Waals surface area contributed by atoms with Gasteiger partial charge in [0.2, 0.25) is 5.91 Å². The summed E-state index contributed by atoms with van der Waals surface area (Å²) in [5.74, 6) is 0.734. The van der Waals surface area contributed by atoms with Crippen molar-refractivity contribution in [1.29, 1.82) is 0 Å². The molecule has 0 aliphatic rings. The van der Waals surface area contributed by atoms with Gasteiger partial charge >= 0.3 is 0 Å². The molecule has 0 bridgehead atoms. The highest BCUT2D eigenvalue weighted by Crippen LogP contribution is 2.22. The topological polar surface area (TPSA) is 58.6 Å². The van der Waals surface area contributed by atoms with Gasteiger partial charge in [-0.25, -0.2) is 0 Å². The van der Waals surface area contributed by atoms with Crippen LogP contribution in [0.15, 0.2) is 24.3 Å². The van der Waals surface area contributed by atoms with Gasteiger partial charge in [0, 0.05) is 6.54 Å². The van der Waals surface area contributed by atoms with Gasteiger partial charge in [0.1, 0.15) is 5.75 Å². The molecule has 0 saturated heterocycles. The molecule has 3 atom stereocenters. The lowest BCUT2D eigenvalue weighted by atomic mass is 9.95. The summed E-state index contributed by atoms with van der Waals surface area (Å²) in [6.45, 7) is 6.31. The number of nitrogens with one attached hydrogen (secondary N) is 1. The van der Waals surface area contributed by atoms with Crippen molar-refractivity contribution in [2.75, 3.05) is 13.7 Å². The van der Waals surface area contributed by atoms with E-state index in [1.807, 2.05) is 45.0 Å². The average Bonchev–Trinajstić information content (AvgIpc) is 2.53. The van der Waals surface area contributed by atoms with E-state index < -0.39 is 6.10 Å². The standard InChI is InChI=1S/C17H27NO3/c1-5-12(3)16(19)11-18-17(20)15(6-2)13-7-9-14(21-4)10-8-13/h7-10,12,15-16,19H,5-6,11H2,1-4H3,(H,18,20). The van der Waals surface area contributed by atoms with Crippen LogP contribution in [-0.4, -0.2) is 30.8 Å². The highest BCUT2D eigenvalue weighted by atomic mass is 16.5. The van der Waals surface area contributed by atoms with E-state index in [9.17, 15) is 9.90 Å². The molecule has 0 fully saturated rings. The van der Waals surface area contributed by atoms with Crippen molar-refractivity contribution in [3.63, 3.8) is 0 Å². The van der Waals surface area contributed by atoms with Crippen LogP contribution in [0.1, 0.15) is 45.1 Å². The number of aliphatic hydroxyl groups excluding tert-OH is 1. The molecule has 1 aromatic rings. The van der Waals surface area contributed by atoms with Crippen LogP contribution in [0, 0.1) is 5.92 Å². The van der Waals surface area contributed by atoms with Gasteiger partial charge in [-0.05, 0) is 30.0 Å². The molecule has 1 amide bonds. The van der Waals surface area contributed by atoms with E-state index in [-0.39, 0.29) is 17.7 Å². The summed E-state index contributed by atoms with van der Waals surface area (Å²) in [7, 11) is 1.62. The van der Waals surface area contributed by atoms with E-state index >= 15 is 0 Å². The second-order valence-corrected chi connectivity index (χ2v) is 5.43. The Hall–Kier alpha value is -1.55. The zero-order chi connectivity index (χ0) is 15.8. The summed E-state index contributed by atoms with van der Waals surface area (Å²) in [6, 6.07) is 7.55. The minimum Gasteiger partial charge on any atom is -0.497 e. The number of methoxy groups -OCH3 is 1. The average molecular weight is 293 g/mol. The van der Waals surface area contributed by atoms with Gasteiger partial charge in [0.25, 0.3) is 0 Å². The molecule has 3 unspecified atom stereocenters. The van der Waals surface area contributed by atoms with Crippen LogP contribution in [0.2, 0.25) is 0 Å². The molecule has 4 heteroatoms. The number of carbonyl (C=O) groups excluding carboxylic acids is 1. The summed E-state index contributed by atoms with van der Waals surface area (Å²) in [6.07, 6.45) is 1.12. The fourth-order valence-corrected chi connectivity index (χ4v) is 2.21. The molecule has 0 spiro atoms. The Morgan fingerprint density at radius 2 is 1.86 bits per heavy atom. The van der Waals surface area contributed by atoms with Gasteiger partial charge in [0.15, 0.2) is 0 Å². The van der Waals surface area contributed by atoms with Crippen molar-refractivity contribution >= 4 is 5.91 Å². The Labute approximate surface area is 127 Å². The van der Waals surface area contributed by atoms with Gasteiger partial charge in [0.05, 0.1) is 19.1 Å². The first-order valence-electron chi connectivity index (χ1n) is 7.63. The monoisotopic (exact) mass is 293 g/mol. The SMILES string of the molecule is CCC(C(=O)NCC(O)C(C)CC)c1ccc(OC)cc1. The van der Waals surface area contributed by atoms with Crippen LogP contribution in [-0.2, 0) is 4.79 Å². The van der Waals surface area contributed by atoms with Crippen molar-refractivity contribution in [2.24, 2.45) is 5.92 Å². The number of hydrogen-bond acceptors (Lipinski definition) is 3. The number of hydrogen-bond donors (Lipinski definition) is 2. The number of aliphatic hydroxyl groups is 1. The number of ether oxygens (including phenoxy) is 1. The maximum atomic E-state index is 12.3. The molecule has 0 saturated carbocycles. The number of amides is 1. The Morgan fingerprint density at radius 3 is 2.33 bits per heavy atom. The van der Waals surface area contributed by atoms with Crippen LogP contribution >= 0.6 is 0 Å². The van der Waals surface area contributed by atoms with E-state index in [0.29, 0.717) is 6.54 Å². The summed E-state index contributed by atoms with van der Waals surface area (Å²) in [4.78, 5) is 12.3. The van der Waals surface area contributed by atoms with Crippen molar-refractivity contribution < 1.29 is 14.6 Å². The van der Waals surface area contributed by atoms with Crippen LogP contribution in [0.5, 0.6) is 5.75 Å². The second kappa shape index (κ2) is 8.67. The summed E-state index contributed by atoms with van der Waals surface area (Å²) >= 11 is 0. The predicted octanol–water partition coefficient (Wildman–Crippen LogP) is 2.71. The first-order valence-corrected chi connectivity index (χ1v) is 7.63. The minimum atomic E-state index is -0.493. The third-order valence-corrected chi connectivity index (χ3v) is 4.03. The third-order valence-electron chi connectivity index (χ3n) is 4.03.